The van der Waals surface area contributed by atoms with Gasteiger partial charge in [-0.05, 0) is 67.6 Å². The number of nitrogens with zero attached hydrogens (tertiary/aromatic N) is 2. The first-order chi connectivity index (χ1) is 16.1. The fourth-order valence-corrected chi connectivity index (χ4v) is 4.79. The van der Waals surface area contributed by atoms with Crippen molar-refractivity contribution in [3.05, 3.63) is 59.4 Å². The molecule has 3 amide bonds. The van der Waals surface area contributed by atoms with Gasteiger partial charge in [-0.25, -0.2) is 4.39 Å². The molecule has 34 heavy (non-hydrogen) atoms. The molecule has 1 N–H and O–H groups in total. The normalized spacial score (nSPS) is 16.7. The van der Waals surface area contributed by atoms with Crippen molar-refractivity contribution in [3.63, 3.8) is 0 Å². The Kier molecular flexibility index (Phi) is 6.73. The van der Waals surface area contributed by atoms with Crippen LogP contribution in [0.2, 0.25) is 0 Å². The van der Waals surface area contributed by atoms with Crippen molar-refractivity contribution in [2.45, 2.75) is 46.5 Å². The molecule has 180 valence electrons. The van der Waals surface area contributed by atoms with Crippen LogP contribution in [-0.2, 0) is 16.0 Å². The van der Waals surface area contributed by atoms with Crippen molar-refractivity contribution in [1.82, 2.24) is 4.90 Å². The lowest BCUT2D eigenvalue weighted by Crippen LogP contribution is -2.48. The third-order valence-electron chi connectivity index (χ3n) is 6.64. The summed E-state index contributed by atoms with van der Waals surface area (Å²) in [6.45, 7) is 7.60. The van der Waals surface area contributed by atoms with Gasteiger partial charge in [-0.15, -0.1) is 0 Å². The van der Waals surface area contributed by atoms with Gasteiger partial charge in [-0.3, -0.25) is 14.4 Å². The molecular weight excluding hydrogens is 433 g/mol. The number of carbonyl (C=O) groups is 3. The van der Waals surface area contributed by atoms with E-state index in [9.17, 15) is 18.8 Å². The Labute approximate surface area is 200 Å². The summed E-state index contributed by atoms with van der Waals surface area (Å²) in [7, 11) is 0. The predicted octanol–water partition coefficient (Wildman–Crippen LogP) is 4.64. The topological polar surface area (TPSA) is 69.7 Å². The van der Waals surface area contributed by atoms with Crippen LogP contribution in [-0.4, -0.2) is 42.3 Å². The van der Waals surface area contributed by atoms with Crippen molar-refractivity contribution in [3.8, 4) is 0 Å². The molecule has 0 unspecified atom stereocenters. The van der Waals surface area contributed by atoms with Gasteiger partial charge in [0.25, 0.3) is 5.91 Å². The Balaban J connectivity index is 1.47. The molecule has 2 aromatic rings. The Morgan fingerprint density at radius 2 is 1.65 bits per heavy atom. The molecule has 1 saturated heterocycles. The average molecular weight is 466 g/mol. The molecule has 4 rings (SSSR count). The predicted molar refractivity (Wildman–Crippen MR) is 130 cm³/mol. The third-order valence-corrected chi connectivity index (χ3v) is 6.64. The highest BCUT2D eigenvalue weighted by atomic mass is 19.1. The number of carbonyl (C=O) groups excluding carboxylic acids is 3. The molecule has 0 atom stereocenters. The maximum Gasteiger partial charge on any atom is 0.255 e. The van der Waals surface area contributed by atoms with E-state index in [1.54, 1.807) is 0 Å². The van der Waals surface area contributed by atoms with Gasteiger partial charge >= 0.3 is 0 Å². The third kappa shape index (κ3) is 4.98. The fraction of sp³-hybridized carbons (Fsp3) is 0.444. The summed E-state index contributed by atoms with van der Waals surface area (Å²) in [6.07, 6.45) is 2.89. The van der Waals surface area contributed by atoms with Crippen LogP contribution < -0.4 is 10.2 Å². The summed E-state index contributed by atoms with van der Waals surface area (Å²) in [4.78, 5) is 42.5. The van der Waals surface area contributed by atoms with Crippen LogP contribution in [0.3, 0.4) is 0 Å². The van der Waals surface area contributed by atoms with Crippen LogP contribution in [0.5, 0.6) is 0 Å². The van der Waals surface area contributed by atoms with E-state index in [1.807, 2.05) is 48.8 Å². The number of fused-ring (bicyclic) bond motifs is 1. The summed E-state index contributed by atoms with van der Waals surface area (Å²) in [5, 5.41) is 2.93. The molecular formula is C27H32FN3O3. The maximum atomic E-state index is 13.5. The number of halogens is 1. The number of amides is 3. The monoisotopic (exact) mass is 465 g/mol. The first-order valence-corrected chi connectivity index (χ1v) is 11.9. The molecule has 0 saturated carbocycles. The summed E-state index contributed by atoms with van der Waals surface area (Å²) in [5.74, 6) is -0.606. The second kappa shape index (κ2) is 9.57. The Morgan fingerprint density at radius 3 is 2.29 bits per heavy atom. The summed E-state index contributed by atoms with van der Waals surface area (Å²) in [6, 6.07) is 11.0. The van der Waals surface area contributed by atoms with Crippen LogP contribution in [0.25, 0.3) is 0 Å². The Bertz CT molecular complexity index is 1080. The highest BCUT2D eigenvalue weighted by molar-refractivity contribution is 6.05. The number of hydrogen-bond acceptors (Lipinski definition) is 3. The van der Waals surface area contributed by atoms with Gasteiger partial charge in [0.2, 0.25) is 11.8 Å². The van der Waals surface area contributed by atoms with Crippen LogP contribution in [0, 0.1) is 17.2 Å². The minimum Gasteiger partial charge on any atom is -0.342 e. The van der Waals surface area contributed by atoms with E-state index in [0.717, 1.165) is 24.1 Å². The Morgan fingerprint density at radius 1 is 0.971 bits per heavy atom. The highest BCUT2D eigenvalue weighted by Gasteiger charge is 2.35. The molecule has 0 spiro atoms. The molecule has 2 aliphatic heterocycles. The molecule has 1 fully saturated rings. The summed E-state index contributed by atoms with van der Waals surface area (Å²) in [5.41, 5.74) is 2.41. The molecule has 0 aliphatic carbocycles. The van der Waals surface area contributed by atoms with Crippen LogP contribution in [0.4, 0.5) is 15.8 Å². The number of hydrogen-bond donors (Lipinski definition) is 1. The van der Waals surface area contributed by atoms with Crippen molar-refractivity contribution in [1.29, 1.82) is 0 Å². The van der Waals surface area contributed by atoms with Crippen LogP contribution >= 0.6 is 0 Å². The zero-order chi connectivity index (χ0) is 24.5. The lowest BCUT2D eigenvalue weighted by atomic mass is 9.89. The molecule has 6 nitrogen and oxygen atoms in total. The lowest BCUT2D eigenvalue weighted by molar-refractivity contribution is -0.142. The number of anilines is 2. The second-order valence-corrected chi connectivity index (χ2v) is 10.2. The molecule has 2 aliphatic rings. The minimum atomic E-state index is -0.419. The largest absolute Gasteiger partial charge is 0.342 e. The van der Waals surface area contributed by atoms with Crippen molar-refractivity contribution in [2.24, 2.45) is 11.3 Å². The van der Waals surface area contributed by atoms with Gasteiger partial charge in [0.1, 0.15) is 5.82 Å². The van der Waals surface area contributed by atoms with Gasteiger partial charge < -0.3 is 15.1 Å². The first-order valence-electron chi connectivity index (χ1n) is 11.9. The number of piperidine rings is 1. The van der Waals surface area contributed by atoms with E-state index in [-0.39, 0.29) is 23.6 Å². The zero-order valence-corrected chi connectivity index (χ0v) is 20.1. The van der Waals surface area contributed by atoms with E-state index in [0.29, 0.717) is 43.7 Å². The molecule has 2 aromatic carbocycles. The molecule has 7 heteroatoms. The van der Waals surface area contributed by atoms with Gasteiger partial charge in [-0.2, -0.15) is 0 Å². The highest BCUT2D eigenvalue weighted by Crippen LogP contribution is 2.35. The van der Waals surface area contributed by atoms with E-state index < -0.39 is 11.2 Å². The number of benzene rings is 2. The number of nitrogens with one attached hydrogen (secondary N) is 1. The van der Waals surface area contributed by atoms with Gasteiger partial charge in [-0.1, -0.05) is 26.8 Å². The second-order valence-electron chi connectivity index (χ2n) is 10.2. The average Bonchev–Trinajstić information content (AvgIpc) is 2.83. The maximum absolute atomic E-state index is 13.5. The van der Waals surface area contributed by atoms with Crippen molar-refractivity contribution in [2.75, 3.05) is 29.9 Å². The first kappa shape index (κ1) is 23.9. The molecule has 0 aromatic heterocycles. The van der Waals surface area contributed by atoms with E-state index >= 15 is 0 Å². The Hall–Kier alpha value is -3.22. The fourth-order valence-electron chi connectivity index (χ4n) is 4.79. The van der Waals surface area contributed by atoms with Crippen molar-refractivity contribution >= 4 is 29.1 Å². The van der Waals surface area contributed by atoms with Crippen LogP contribution in [0.1, 0.15) is 56.0 Å². The van der Waals surface area contributed by atoms with E-state index in [4.69, 9.17) is 0 Å². The van der Waals surface area contributed by atoms with Gasteiger partial charge in [0.05, 0.1) is 0 Å². The molecule has 0 bridgehead atoms. The van der Waals surface area contributed by atoms with Gasteiger partial charge in [0, 0.05) is 47.9 Å². The van der Waals surface area contributed by atoms with Gasteiger partial charge in [0.15, 0.2) is 0 Å². The quantitative estimate of drug-likeness (QED) is 0.718. The van der Waals surface area contributed by atoms with E-state index in [2.05, 4.69) is 5.32 Å². The number of likely N-dealkylation sites (tertiary alicyclic amines) is 1. The standard InChI is InChI=1S/C27H32FN3O3/c1-27(2,3)26(34)30-16-13-19(14-17-30)25(33)31-15-5-6-21-22(7-4-8-23(21)31)29-24(32)18-9-11-20(28)12-10-18/h4,7-12,19H,5-6,13-17H2,1-3H3,(H,29,32). The van der Waals surface area contributed by atoms with Crippen LogP contribution in [0.15, 0.2) is 42.5 Å². The molecule has 2 heterocycles. The van der Waals surface area contributed by atoms with Crippen molar-refractivity contribution < 1.29 is 18.8 Å². The summed E-state index contributed by atoms with van der Waals surface area (Å²) < 4.78 is 13.2. The minimum absolute atomic E-state index is 0.0887. The molecule has 0 radical (unpaired) electrons. The number of rotatable bonds is 3. The smallest absolute Gasteiger partial charge is 0.255 e. The zero-order valence-electron chi connectivity index (χ0n) is 20.1. The lowest BCUT2D eigenvalue weighted by Gasteiger charge is -2.38. The van der Waals surface area contributed by atoms with E-state index in [1.165, 1.54) is 24.3 Å². The summed E-state index contributed by atoms with van der Waals surface area (Å²) >= 11 is 0. The SMILES string of the molecule is CC(C)(C)C(=O)N1CCC(C(=O)N2CCCc3c(NC(=O)c4ccc(F)cc4)cccc32)CC1.